The third-order valence-electron chi connectivity index (χ3n) is 3.06. The molecule has 0 saturated heterocycles. The van der Waals surface area contributed by atoms with Crippen LogP contribution in [0.1, 0.15) is 26.3 Å². The van der Waals surface area contributed by atoms with Crippen LogP contribution in [-0.2, 0) is 10.2 Å². The van der Waals surface area contributed by atoms with Crippen molar-refractivity contribution in [3.05, 3.63) is 35.6 Å². The first-order valence-corrected chi connectivity index (χ1v) is 6.66. The van der Waals surface area contributed by atoms with Gasteiger partial charge in [0.15, 0.2) is 5.96 Å². The van der Waals surface area contributed by atoms with Gasteiger partial charge in [-0.1, -0.05) is 26.0 Å². The molecular weight excluding hydrogens is 257 g/mol. The van der Waals surface area contributed by atoms with E-state index < -0.39 is 0 Å². The van der Waals surface area contributed by atoms with Gasteiger partial charge in [-0.05, 0) is 24.6 Å². The zero-order valence-electron chi connectivity index (χ0n) is 12.6. The number of rotatable bonds is 6. The van der Waals surface area contributed by atoms with Crippen LogP contribution < -0.4 is 11.1 Å². The molecule has 1 unspecified atom stereocenters. The molecule has 0 spiro atoms. The van der Waals surface area contributed by atoms with Gasteiger partial charge in [0, 0.05) is 18.6 Å². The van der Waals surface area contributed by atoms with Crippen molar-refractivity contribution in [2.24, 2.45) is 10.7 Å². The van der Waals surface area contributed by atoms with Gasteiger partial charge in [-0.2, -0.15) is 0 Å². The molecule has 1 aromatic rings. The summed E-state index contributed by atoms with van der Waals surface area (Å²) < 4.78 is 18.3. The molecule has 0 amide bonds. The first kappa shape index (κ1) is 16.4. The van der Waals surface area contributed by atoms with Crippen molar-refractivity contribution in [1.82, 2.24) is 5.32 Å². The van der Waals surface area contributed by atoms with E-state index in [1.165, 1.54) is 12.1 Å². The van der Waals surface area contributed by atoms with Crippen LogP contribution in [0.15, 0.2) is 29.3 Å². The van der Waals surface area contributed by atoms with Crippen LogP contribution >= 0.6 is 0 Å². The number of ether oxygens (including phenoxy) is 1. The summed E-state index contributed by atoms with van der Waals surface area (Å²) in [4.78, 5) is 4.33. The number of hydrogen-bond acceptors (Lipinski definition) is 2. The molecule has 20 heavy (non-hydrogen) atoms. The van der Waals surface area contributed by atoms with E-state index in [4.69, 9.17) is 10.5 Å². The standard InChI is InChI=1S/C15H24FN3O/c1-11(9-20-4)19-14(17)18-10-15(2,3)12-6-5-7-13(16)8-12/h5-8,11H,9-10H2,1-4H3,(H3,17,18,19). The lowest BCUT2D eigenvalue weighted by molar-refractivity contribution is 0.179. The van der Waals surface area contributed by atoms with E-state index in [0.717, 1.165) is 5.56 Å². The molecule has 0 heterocycles. The van der Waals surface area contributed by atoms with E-state index in [9.17, 15) is 4.39 Å². The minimum Gasteiger partial charge on any atom is -0.383 e. The number of guanidine groups is 1. The zero-order chi connectivity index (χ0) is 15.2. The first-order valence-electron chi connectivity index (χ1n) is 6.66. The van der Waals surface area contributed by atoms with Crippen molar-refractivity contribution < 1.29 is 9.13 Å². The normalized spacial score (nSPS) is 14.2. The Labute approximate surface area is 120 Å². The van der Waals surface area contributed by atoms with Crippen LogP contribution in [0.5, 0.6) is 0 Å². The number of nitrogens with zero attached hydrogens (tertiary/aromatic N) is 1. The lowest BCUT2D eigenvalue weighted by atomic mass is 9.85. The fourth-order valence-corrected chi connectivity index (χ4v) is 1.87. The SMILES string of the molecule is COCC(C)NC(N)=NCC(C)(C)c1cccc(F)c1. The highest BCUT2D eigenvalue weighted by molar-refractivity contribution is 5.78. The van der Waals surface area contributed by atoms with E-state index in [-0.39, 0.29) is 17.3 Å². The predicted molar refractivity (Wildman–Crippen MR) is 80.4 cm³/mol. The molecule has 0 fully saturated rings. The van der Waals surface area contributed by atoms with Crippen LogP contribution in [0.25, 0.3) is 0 Å². The molecular formula is C15H24FN3O. The highest BCUT2D eigenvalue weighted by Crippen LogP contribution is 2.23. The van der Waals surface area contributed by atoms with Gasteiger partial charge in [0.2, 0.25) is 0 Å². The number of hydrogen-bond donors (Lipinski definition) is 2. The molecule has 1 atom stereocenters. The molecule has 0 radical (unpaired) electrons. The lowest BCUT2D eigenvalue weighted by Gasteiger charge is -2.23. The Morgan fingerprint density at radius 1 is 1.50 bits per heavy atom. The van der Waals surface area contributed by atoms with Crippen molar-refractivity contribution in [3.8, 4) is 0 Å². The summed E-state index contributed by atoms with van der Waals surface area (Å²) in [5.41, 5.74) is 6.45. The first-order chi connectivity index (χ1) is 9.35. The Kier molecular flexibility index (Phi) is 5.95. The predicted octanol–water partition coefficient (Wildman–Crippen LogP) is 2.04. The van der Waals surface area contributed by atoms with Gasteiger partial charge in [0.05, 0.1) is 13.2 Å². The monoisotopic (exact) mass is 281 g/mol. The molecule has 112 valence electrons. The van der Waals surface area contributed by atoms with Gasteiger partial charge in [0.1, 0.15) is 5.82 Å². The maximum Gasteiger partial charge on any atom is 0.188 e. The molecule has 1 rings (SSSR count). The molecule has 0 saturated carbocycles. The Bertz CT molecular complexity index is 460. The molecule has 4 nitrogen and oxygen atoms in total. The summed E-state index contributed by atoms with van der Waals surface area (Å²) >= 11 is 0. The van der Waals surface area contributed by atoms with Crippen molar-refractivity contribution in [3.63, 3.8) is 0 Å². The Balaban J connectivity index is 2.66. The maximum absolute atomic E-state index is 13.3. The van der Waals surface area contributed by atoms with Crippen LogP contribution in [0.4, 0.5) is 4.39 Å². The number of methoxy groups -OCH3 is 1. The quantitative estimate of drug-likeness (QED) is 0.619. The molecule has 5 heteroatoms. The highest BCUT2D eigenvalue weighted by atomic mass is 19.1. The number of aliphatic imine (C=N–C) groups is 1. The molecule has 1 aromatic carbocycles. The van der Waals surface area contributed by atoms with Gasteiger partial charge in [-0.3, -0.25) is 4.99 Å². The molecule has 0 bridgehead atoms. The van der Waals surface area contributed by atoms with E-state index >= 15 is 0 Å². The fraction of sp³-hybridized carbons (Fsp3) is 0.533. The Morgan fingerprint density at radius 2 is 2.20 bits per heavy atom. The molecule has 0 aliphatic carbocycles. The third kappa shape index (κ3) is 5.17. The van der Waals surface area contributed by atoms with Gasteiger partial charge in [-0.25, -0.2) is 4.39 Å². The van der Waals surface area contributed by atoms with Gasteiger partial charge < -0.3 is 15.8 Å². The van der Waals surface area contributed by atoms with Crippen molar-refractivity contribution in [2.45, 2.75) is 32.2 Å². The second-order valence-corrected chi connectivity index (χ2v) is 5.60. The summed E-state index contributed by atoms with van der Waals surface area (Å²) in [6, 6.07) is 6.67. The average molecular weight is 281 g/mol. The molecule has 3 N–H and O–H groups in total. The number of nitrogens with one attached hydrogen (secondary N) is 1. The molecule has 0 aliphatic rings. The van der Waals surface area contributed by atoms with E-state index in [1.807, 2.05) is 26.8 Å². The lowest BCUT2D eigenvalue weighted by Crippen LogP contribution is -2.41. The van der Waals surface area contributed by atoms with E-state index in [1.54, 1.807) is 13.2 Å². The smallest absolute Gasteiger partial charge is 0.188 e. The van der Waals surface area contributed by atoms with Crippen molar-refractivity contribution in [2.75, 3.05) is 20.3 Å². The van der Waals surface area contributed by atoms with Crippen LogP contribution in [0.3, 0.4) is 0 Å². The van der Waals surface area contributed by atoms with Gasteiger partial charge in [0.25, 0.3) is 0 Å². The zero-order valence-corrected chi connectivity index (χ0v) is 12.6. The summed E-state index contributed by atoms with van der Waals surface area (Å²) in [5, 5.41) is 3.04. The van der Waals surface area contributed by atoms with Gasteiger partial charge >= 0.3 is 0 Å². The second-order valence-electron chi connectivity index (χ2n) is 5.60. The molecule has 0 aliphatic heterocycles. The third-order valence-corrected chi connectivity index (χ3v) is 3.06. The number of halogens is 1. The van der Waals surface area contributed by atoms with Crippen molar-refractivity contribution >= 4 is 5.96 Å². The number of benzene rings is 1. The topological polar surface area (TPSA) is 59.6 Å². The van der Waals surface area contributed by atoms with E-state index in [0.29, 0.717) is 19.1 Å². The van der Waals surface area contributed by atoms with Crippen molar-refractivity contribution in [1.29, 1.82) is 0 Å². The average Bonchev–Trinajstić information content (AvgIpc) is 2.37. The van der Waals surface area contributed by atoms with Crippen LogP contribution in [0.2, 0.25) is 0 Å². The highest BCUT2D eigenvalue weighted by Gasteiger charge is 2.20. The maximum atomic E-state index is 13.3. The van der Waals surface area contributed by atoms with E-state index in [2.05, 4.69) is 10.3 Å². The summed E-state index contributed by atoms with van der Waals surface area (Å²) in [7, 11) is 1.64. The second kappa shape index (κ2) is 7.24. The Morgan fingerprint density at radius 3 is 2.80 bits per heavy atom. The minimum atomic E-state index is -0.279. The minimum absolute atomic E-state index is 0.0982. The van der Waals surface area contributed by atoms with Gasteiger partial charge in [-0.15, -0.1) is 0 Å². The summed E-state index contributed by atoms with van der Waals surface area (Å²) in [6.07, 6.45) is 0. The Hall–Kier alpha value is -1.62. The van der Waals surface area contributed by atoms with Crippen LogP contribution in [0, 0.1) is 5.82 Å². The largest absolute Gasteiger partial charge is 0.383 e. The number of nitrogens with two attached hydrogens (primary N) is 1. The summed E-state index contributed by atoms with van der Waals surface area (Å²) in [6.45, 7) is 7.02. The van der Waals surface area contributed by atoms with Crippen LogP contribution in [-0.4, -0.2) is 32.3 Å². The fourth-order valence-electron chi connectivity index (χ4n) is 1.87. The summed E-state index contributed by atoms with van der Waals surface area (Å²) in [5.74, 6) is 0.137. The molecule has 0 aromatic heterocycles.